The molecule has 0 saturated heterocycles. The molecule has 106 valence electrons. The van der Waals surface area contributed by atoms with E-state index < -0.39 is 0 Å². The lowest BCUT2D eigenvalue weighted by Gasteiger charge is -2.21. The van der Waals surface area contributed by atoms with E-state index >= 15 is 0 Å². The number of amides is 1. The van der Waals surface area contributed by atoms with Crippen molar-refractivity contribution in [2.75, 3.05) is 23.3 Å². The number of benzene rings is 1. The number of nitrogens with one attached hydrogen (secondary N) is 1. The van der Waals surface area contributed by atoms with Crippen LogP contribution in [0.2, 0.25) is 0 Å². The Hall–Kier alpha value is -1.03. The van der Waals surface area contributed by atoms with Crippen molar-refractivity contribution in [3.8, 4) is 0 Å². The fourth-order valence-corrected chi connectivity index (χ4v) is 1.97. The molecule has 1 unspecified atom stereocenters. The molecule has 0 aliphatic heterocycles. The summed E-state index contributed by atoms with van der Waals surface area (Å²) in [6.45, 7) is 10.3. The third-order valence-corrected chi connectivity index (χ3v) is 4.57. The number of carbonyl (C=O) groups is 1. The lowest BCUT2D eigenvalue weighted by Crippen LogP contribution is -2.27. The number of hydrogen-bond acceptors (Lipinski definition) is 2. The summed E-state index contributed by atoms with van der Waals surface area (Å²) in [4.78, 5) is 14.0. The zero-order valence-electron chi connectivity index (χ0n) is 12.1. The maximum atomic E-state index is 11.9. The van der Waals surface area contributed by atoms with Crippen LogP contribution in [0.15, 0.2) is 24.3 Å². The molecule has 0 aromatic heterocycles. The Bertz CT molecular complexity index is 399. The predicted molar refractivity (Wildman–Crippen MR) is 86.2 cm³/mol. The molecule has 1 aromatic rings. The first-order valence-corrected chi connectivity index (χ1v) is 7.71. The third-order valence-electron chi connectivity index (χ3n) is 3.10. The van der Waals surface area contributed by atoms with Gasteiger partial charge in [0.1, 0.15) is 0 Å². The molecule has 1 atom stereocenters. The Morgan fingerprint density at radius 1 is 1.21 bits per heavy atom. The van der Waals surface area contributed by atoms with Gasteiger partial charge in [0.05, 0.1) is 4.83 Å². The van der Waals surface area contributed by atoms with Gasteiger partial charge in [0.15, 0.2) is 0 Å². The van der Waals surface area contributed by atoms with Crippen LogP contribution in [0.25, 0.3) is 0 Å². The summed E-state index contributed by atoms with van der Waals surface area (Å²) in [7, 11) is 0. The Morgan fingerprint density at radius 3 is 2.16 bits per heavy atom. The second kappa shape index (κ2) is 7.53. The highest BCUT2D eigenvalue weighted by Crippen LogP contribution is 2.19. The highest BCUT2D eigenvalue weighted by molar-refractivity contribution is 9.10. The van der Waals surface area contributed by atoms with Gasteiger partial charge in [-0.1, -0.05) is 29.8 Å². The minimum atomic E-state index is -0.157. The van der Waals surface area contributed by atoms with E-state index in [1.165, 1.54) is 5.69 Å². The van der Waals surface area contributed by atoms with Crippen LogP contribution in [0.1, 0.15) is 27.7 Å². The summed E-state index contributed by atoms with van der Waals surface area (Å²) in [6.07, 6.45) is 0. The summed E-state index contributed by atoms with van der Waals surface area (Å²) < 4.78 is 0. The third kappa shape index (κ3) is 4.53. The first-order valence-electron chi connectivity index (χ1n) is 6.79. The lowest BCUT2D eigenvalue weighted by molar-refractivity contribution is -0.116. The van der Waals surface area contributed by atoms with Gasteiger partial charge in [-0.2, -0.15) is 0 Å². The van der Waals surface area contributed by atoms with Crippen molar-refractivity contribution in [1.82, 2.24) is 0 Å². The second-order valence-electron chi connectivity index (χ2n) is 4.85. The maximum absolute atomic E-state index is 11.9. The van der Waals surface area contributed by atoms with Gasteiger partial charge in [-0.15, -0.1) is 0 Å². The number of anilines is 2. The quantitative estimate of drug-likeness (QED) is 0.804. The second-order valence-corrected chi connectivity index (χ2v) is 5.84. The van der Waals surface area contributed by atoms with E-state index in [1.54, 1.807) is 0 Å². The smallest absolute Gasteiger partial charge is 0.238 e. The molecule has 0 aliphatic carbocycles. The Kier molecular flexibility index (Phi) is 6.35. The molecule has 0 saturated carbocycles. The van der Waals surface area contributed by atoms with Gasteiger partial charge in [0.2, 0.25) is 5.91 Å². The van der Waals surface area contributed by atoms with Gasteiger partial charge < -0.3 is 10.2 Å². The fourth-order valence-electron chi connectivity index (χ4n) is 1.86. The first-order chi connectivity index (χ1) is 8.99. The van der Waals surface area contributed by atoms with Crippen molar-refractivity contribution in [3.05, 3.63) is 24.3 Å². The number of hydrogen-bond donors (Lipinski definition) is 1. The fraction of sp³-hybridized carbons (Fsp3) is 0.533. The number of rotatable bonds is 6. The van der Waals surface area contributed by atoms with Gasteiger partial charge in [-0.3, -0.25) is 4.79 Å². The first kappa shape index (κ1) is 16.0. The van der Waals surface area contributed by atoms with Gasteiger partial charge in [0, 0.05) is 24.5 Å². The van der Waals surface area contributed by atoms with Crippen molar-refractivity contribution in [2.24, 2.45) is 5.92 Å². The lowest BCUT2D eigenvalue weighted by atomic mass is 10.1. The highest BCUT2D eigenvalue weighted by atomic mass is 79.9. The van der Waals surface area contributed by atoms with Crippen molar-refractivity contribution >= 4 is 33.2 Å². The largest absolute Gasteiger partial charge is 0.372 e. The van der Waals surface area contributed by atoms with Gasteiger partial charge in [-0.25, -0.2) is 0 Å². The number of alkyl halides is 1. The molecule has 1 N–H and O–H groups in total. The average Bonchev–Trinajstić information content (AvgIpc) is 2.41. The van der Waals surface area contributed by atoms with E-state index in [0.717, 1.165) is 18.8 Å². The number of halogens is 1. The van der Waals surface area contributed by atoms with Crippen LogP contribution >= 0.6 is 15.9 Å². The normalized spacial score (nSPS) is 12.3. The molecular formula is C15H23BrN2O. The van der Waals surface area contributed by atoms with E-state index in [1.807, 2.05) is 38.1 Å². The van der Waals surface area contributed by atoms with Crippen molar-refractivity contribution in [1.29, 1.82) is 0 Å². The zero-order chi connectivity index (χ0) is 14.4. The Balaban J connectivity index is 2.69. The SMILES string of the molecule is CCN(CC)c1ccc(NC(=O)C(Br)C(C)C)cc1. The molecule has 0 radical (unpaired) electrons. The summed E-state index contributed by atoms with van der Waals surface area (Å²) in [6, 6.07) is 7.99. The van der Waals surface area contributed by atoms with Crippen molar-refractivity contribution < 1.29 is 4.79 Å². The minimum absolute atomic E-state index is 0.00518. The van der Waals surface area contributed by atoms with E-state index in [2.05, 4.69) is 40.0 Å². The van der Waals surface area contributed by atoms with E-state index in [9.17, 15) is 4.79 Å². The van der Waals surface area contributed by atoms with Crippen LogP contribution in [-0.2, 0) is 4.79 Å². The van der Waals surface area contributed by atoms with Crippen molar-refractivity contribution in [2.45, 2.75) is 32.5 Å². The molecule has 4 heteroatoms. The van der Waals surface area contributed by atoms with Crippen molar-refractivity contribution in [3.63, 3.8) is 0 Å². The molecule has 0 bridgehead atoms. The molecule has 0 heterocycles. The molecule has 0 aliphatic rings. The van der Waals surface area contributed by atoms with Crippen LogP contribution in [0.4, 0.5) is 11.4 Å². The van der Waals surface area contributed by atoms with E-state index in [-0.39, 0.29) is 16.7 Å². The zero-order valence-corrected chi connectivity index (χ0v) is 13.7. The van der Waals surface area contributed by atoms with Gasteiger partial charge in [0.25, 0.3) is 0 Å². The number of carbonyl (C=O) groups excluding carboxylic acids is 1. The van der Waals surface area contributed by atoms with E-state index in [4.69, 9.17) is 0 Å². The molecule has 1 aromatic carbocycles. The molecule has 0 spiro atoms. The average molecular weight is 327 g/mol. The van der Waals surface area contributed by atoms with Crippen LogP contribution in [0.3, 0.4) is 0 Å². The molecule has 19 heavy (non-hydrogen) atoms. The Morgan fingerprint density at radius 2 is 1.74 bits per heavy atom. The molecule has 0 fully saturated rings. The summed E-state index contributed by atoms with van der Waals surface area (Å²) in [5.74, 6) is 0.278. The molecule has 1 rings (SSSR count). The Labute approximate surface area is 124 Å². The summed E-state index contributed by atoms with van der Waals surface area (Å²) in [5.41, 5.74) is 2.02. The van der Waals surface area contributed by atoms with Crippen LogP contribution in [0, 0.1) is 5.92 Å². The molecule has 3 nitrogen and oxygen atoms in total. The predicted octanol–water partition coefficient (Wildman–Crippen LogP) is 3.89. The molecule has 1 amide bonds. The maximum Gasteiger partial charge on any atom is 0.238 e. The van der Waals surface area contributed by atoms with Crippen LogP contribution in [0.5, 0.6) is 0 Å². The summed E-state index contributed by atoms with van der Waals surface area (Å²) >= 11 is 3.40. The minimum Gasteiger partial charge on any atom is -0.372 e. The number of nitrogens with zero attached hydrogens (tertiary/aromatic N) is 1. The van der Waals surface area contributed by atoms with E-state index in [0.29, 0.717) is 0 Å². The van der Waals surface area contributed by atoms with Gasteiger partial charge >= 0.3 is 0 Å². The van der Waals surface area contributed by atoms with Crippen LogP contribution < -0.4 is 10.2 Å². The van der Waals surface area contributed by atoms with Crippen LogP contribution in [-0.4, -0.2) is 23.8 Å². The van der Waals surface area contributed by atoms with Gasteiger partial charge in [-0.05, 0) is 44.0 Å². The highest BCUT2D eigenvalue weighted by Gasteiger charge is 2.18. The standard InChI is InChI=1S/C15H23BrN2O/c1-5-18(6-2)13-9-7-12(8-10-13)17-15(19)14(16)11(3)4/h7-11,14H,5-6H2,1-4H3,(H,17,19). The molecular weight excluding hydrogens is 304 g/mol. The topological polar surface area (TPSA) is 32.3 Å². The monoisotopic (exact) mass is 326 g/mol. The summed E-state index contributed by atoms with van der Waals surface area (Å²) in [5, 5.41) is 2.92.